The smallest absolute Gasteiger partial charge is 0.240 e. The minimum absolute atomic E-state index is 0.365. The van der Waals surface area contributed by atoms with Crippen LogP contribution in [0.3, 0.4) is 0 Å². The van der Waals surface area contributed by atoms with Crippen LogP contribution in [0.15, 0.2) is 29.3 Å². The minimum Gasteiger partial charge on any atom is -0.251 e. The fraction of sp³-hybridized carbons (Fsp3) is 0.222. The van der Waals surface area contributed by atoms with E-state index in [-0.39, 0.29) is 6.67 Å². The fourth-order valence-corrected chi connectivity index (χ4v) is 0.899. The average Bonchev–Trinajstić information content (AvgIpc) is 2.09. The van der Waals surface area contributed by atoms with E-state index >= 15 is 0 Å². The van der Waals surface area contributed by atoms with Crippen molar-refractivity contribution in [1.29, 1.82) is 0 Å². The summed E-state index contributed by atoms with van der Waals surface area (Å²) in [5.41, 5.74) is 1.45. The molecule has 0 N–H and O–H groups in total. The summed E-state index contributed by atoms with van der Waals surface area (Å²) in [5.74, 6) is 0. The van der Waals surface area contributed by atoms with Gasteiger partial charge in [-0.1, -0.05) is 12.1 Å². The lowest BCUT2D eigenvalue weighted by Crippen LogP contribution is -1.84. The standard InChI is InChI=1S/C9H8FNO/c10-6-5-8-1-3-9(4-2-8)11-7-12/h1-4H,5-6H2. The summed E-state index contributed by atoms with van der Waals surface area (Å²) in [4.78, 5) is 13.2. The number of hydrogen-bond acceptors (Lipinski definition) is 2. The van der Waals surface area contributed by atoms with E-state index in [0.717, 1.165) is 5.56 Å². The number of rotatable bonds is 3. The molecule has 0 unspecified atom stereocenters. The zero-order valence-corrected chi connectivity index (χ0v) is 6.46. The molecule has 0 atom stereocenters. The van der Waals surface area contributed by atoms with Crippen LogP contribution in [0.25, 0.3) is 0 Å². The van der Waals surface area contributed by atoms with Crippen LogP contribution in [0.4, 0.5) is 10.1 Å². The van der Waals surface area contributed by atoms with Gasteiger partial charge in [-0.15, -0.1) is 0 Å². The Labute approximate surface area is 69.7 Å². The van der Waals surface area contributed by atoms with E-state index in [1.165, 1.54) is 6.08 Å². The number of hydrogen-bond donors (Lipinski definition) is 0. The number of benzene rings is 1. The molecular weight excluding hydrogens is 157 g/mol. The van der Waals surface area contributed by atoms with Crippen molar-refractivity contribution >= 4 is 11.8 Å². The Bertz CT molecular complexity index is 288. The second-order valence-corrected chi connectivity index (χ2v) is 2.31. The molecule has 0 aromatic heterocycles. The molecule has 2 nitrogen and oxygen atoms in total. The van der Waals surface area contributed by atoms with Gasteiger partial charge in [-0.3, -0.25) is 4.39 Å². The molecular formula is C9H8FNO. The molecule has 0 spiro atoms. The third-order valence-electron chi connectivity index (χ3n) is 1.49. The van der Waals surface area contributed by atoms with Crippen molar-refractivity contribution in [2.24, 2.45) is 4.99 Å². The fourth-order valence-electron chi connectivity index (χ4n) is 0.899. The largest absolute Gasteiger partial charge is 0.251 e. The Morgan fingerprint density at radius 2 is 2.00 bits per heavy atom. The third kappa shape index (κ3) is 2.29. The third-order valence-corrected chi connectivity index (χ3v) is 1.49. The first kappa shape index (κ1) is 8.62. The summed E-state index contributed by atoms with van der Waals surface area (Å²) in [6.07, 6.45) is 1.84. The highest BCUT2D eigenvalue weighted by atomic mass is 19.1. The van der Waals surface area contributed by atoms with Crippen molar-refractivity contribution in [3.8, 4) is 0 Å². The summed E-state index contributed by atoms with van der Waals surface area (Å²) in [5, 5.41) is 0. The first-order chi connectivity index (χ1) is 5.86. The molecule has 0 heterocycles. The van der Waals surface area contributed by atoms with E-state index in [1.54, 1.807) is 24.3 Å². The van der Waals surface area contributed by atoms with Gasteiger partial charge in [0.05, 0.1) is 12.4 Å². The SMILES string of the molecule is O=C=Nc1ccc(CCF)cc1. The number of halogens is 1. The normalized spacial score (nSPS) is 9.08. The lowest BCUT2D eigenvalue weighted by molar-refractivity contribution is 0.495. The maximum Gasteiger partial charge on any atom is 0.240 e. The van der Waals surface area contributed by atoms with Gasteiger partial charge in [-0.05, 0) is 17.7 Å². The summed E-state index contributed by atoms with van der Waals surface area (Å²) >= 11 is 0. The van der Waals surface area contributed by atoms with Gasteiger partial charge in [0.1, 0.15) is 0 Å². The van der Waals surface area contributed by atoms with Crippen molar-refractivity contribution in [3.05, 3.63) is 29.8 Å². The summed E-state index contributed by atoms with van der Waals surface area (Å²) in [6, 6.07) is 6.82. The van der Waals surface area contributed by atoms with Crippen molar-refractivity contribution in [2.75, 3.05) is 6.67 Å². The first-order valence-corrected chi connectivity index (χ1v) is 3.59. The lowest BCUT2D eigenvalue weighted by atomic mass is 10.1. The van der Waals surface area contributed by atoms with Crippen molar-refractivity contribution < 1.29 is 9.18 Å². The number of carbonyl (C=O) groups excluding carboxylic acids is 1. The maximum atomic E-state index is 11.8. The minimum atomic E-state index is -0.365. The number of isocyanates is 1. The second-order valence-electron chi connectivity index (χ2n) is 2.31. The molecule has 0 aliphatic rings. The van der Waals surface area contributed by atoms with Crippen LogP contribution in [-0.4, -0.2) is 12.8 Å². The molecule has 1 rings (SSSR count). The molecule has 62 valence electrons. The Morgan fingerprint density at radius 1 is 1.33 bits per heavy atom. The first-order valence-electron chi connectivity index (χ1n) is 3.59. The molecule has 0 aliphatic heterocycles. The van der Waals surface area contributed by atoms with E-state index in [2.05, 4.69) is 4.99 Å². The average molecular weight is 165 g/mol. The van der Waals surface area contributed by atoms with E-state index in [0.29, 0.717) is 12.1 Å². The van der Waals surface area contributed by atoms with E-state index in [4.69, 9.17) is 0 Å². The molecule has 0 saturated carbocycles. The van der Waals surface area contributed by atoms with Gasteiger partial charge in [-0.2, -0.15) is 4.99 Å². The molecule has 0 aliphatic carbocycles. The van der Waals surface area contributed by atoms with Gasteiger partial charge in [0.15, 0.2) is 0 Å². The maximum absolute atomic E-state index is 11.8. The van der Waals surface area contributed by atoms with Gasteiger partial charge in [-0.25, -0.2) is 4.79 Å². The number of alkyl halides is 1. The second kappa shape index (κ2) is 4.42. The molecule has 1 aromatic carbocycles. The lowest BCUT2D eigenvalue weighted by Gasteiger charge is -1.95. The van der Waals surface area contributed by atoms with Gasteiger partial charge in [0.25, 0.3) is 0 Å². The monoisotopic (exact) mass is 165 g/mol. The molecule has 3 heteroatoms. The molecule has 12 heavy (non-hydrogen) atoms. The molecule has 1 aromatic rings. The highest BCUT2D eigenvalue weighted by molar-refractivity contribution is 5.49. The Hall–Kier alpha value is -1.47. The Morgan fingerprint density at radius 3 is 2.50 bits per heavy atom. The number of aliphatic imine (C=N–C) groups is 1. The zero-order chi connectivity index (χ0) is 8.81. The van der Waals surface area contributed by atoms with Gasteiger partial charge >= 0.3 is 0 Å². The summed E-state index contributed by atoms with van der Waals surface area (Å²) in [6.45, 7) is -0.365. The molecule has 0 bridgehead atoms. The molecule has 0 fully saturated rings. The van der Waals surface area contributed by atoms with Crippen LogP contribution < -0.4 is 0 Å². The molecule has 0 amide bonds. The predicted octanol–water partition coefficient (Wildman–Crippen LogP) is 2.17. The van der Waals surface area contributed by atoms with Crippen molar-refractivity contribution in [2.45, 2.75) is 6.42 Å². The van der Waals surface area contributed by atoms with Crippen LogP contribution in [0.5, 0.6) is 0 Å². The van der Waals surface area contributed by atoms with Crippen LogP contribution in [0.2, 0.25) is 0 Å². The van der Waals surface area contributed by atoms with E-state index in [9.17, 15) is 9.18 Å². The summed E-state index contributed by atoms with van der Waals surface area (Å²) in [7, 11) is 0. The highest BCUT2D eigenvalue weighted by Crippen LogP contribution is 2.12. The van der Waals surface area contributed by atoms with Gasteiger partial charge in [0, 0.05) is 6.42 Å². The quantitative estimate of drug-likeness (QED) is 0.498. The van der Waals surface area contributed by atoms with Crippen LogP contribution in [-0.2, 0) is 11.2 Å². The van der Waals surface area contributed by atoms with E-state index in [1.807, 2.05) is 0 Å². The van der Waals surface area contributed by atoms with Crippen LogP contribution in [0.1, 0.15) is 5.56 Å². The zero-order valence-electron chi connectivity index (χ0n) is 6.46. The number of nitrogens with zero attached hydrogens (tertiary/aromatic N) is 1. The van der Waals surface area contributed by atoms with Crippen molar-refractivity contribution in [3.63, 3.8) is 0 Å². The van der Waals surface area contributed by atoms with E-state index < -0.39 is 0 Å². The van der Waals surface area contributed by atoms with Gasteiger partial charge in [0.2, 0.25) is 6.08 Å². The topological polar surface area (TPSA) is 29.4 Å². The Balaban J connectivity index is 2.77. The van der Waals surface area contributed by atoms with Crippen LogP contribution >= 0.6 is 0 Å². The summed E-state index contributed by atoms with van der Waals surface area (Å²) < 4.78 is 11.8. The number of aryl methyl sites for hydroxylation is 1. The highest BCUT2D eigenvalue weighted by Gasteiger charge is 1.92. The predicted molar refractivity (Wildman–Crippen MR) is 43.9 cm³/mol. The van der Waals surface area contributed by atoms with Crippen LogP contribution in [0, 0.1) is 0 Å². The molecule has 0 radical (unpaired) electrons. The Kier molecular flexibility index (Phi) is 3.17. The van der Waals surface area contributed by atoms with Gasteiger partial charge < -0.3 is 0 Å². The molecule has 0 saturated heterocycles. The van der Waals surface area contributed by atoms with Crippen molar-refractivity contribution in [1.82, 2.24) is 0 Å².